The van der Waals surface area contributed by atoms with Gasteiger partial charge in [-0.2, -0.15) is 36.5 Å². The molecule has 10 nitrogen and oxygen atoms in total. The van der Waals surface area contributed by atoms with Crippen LogP contribution in [0, 0.1) is 27.7 Å². The van der Waals surface area contributed by atoms with Crippen molar-refractivity contribution < 1.29 is 45.8 Å². The number of aromatic nitrogens is 6. The van der Waals surface area contributed by atoms with Gasteiger partial charge in [0.2, 0.25) is 0 Å². The second-order valence-corrected chi connectivity index (χ2v) is 11.1. The summed E-state index contributed by atoms with van der Waals surface area (Å²) >= 11 is 0. The van der Waals surface area contributed by atoms with Crippen molar-refractivity contribution in [2.75, 3.05) is 6.61 Å². The first kappa shape index (κ1) is 35.5. The minimum absolute atomic E-state index is 0.0500. The van der Waals surface area contributed by atoms with Crippen molar-refractivity contribution in [1.82, 2.24) is 29.2 Å². The number of ether oxygens (including phenoxy) is 1. The van der Waals surface area contributed by atoms with Gasteiger partial charge in [-0.05, 0) is 69.0 Å². The third-order valence-corrected chi connectivity index (χ3v) is 8.06. The van der Waals surface area contributed by atoms with E-state index in [9.17, 15) is 41.0 Å². The molecule has 4 aromatic heterocycles. The van der Waals surface area contributed by atoms with Gasteiger partial charge in [0.1, 0.15) is 0 Å². The van der Waals surface area contributed by atoms with Crippen LogP contribution in [-0.4, -0.2) is 52.8 Å². The largest absolute Gasteiger partial charge is 0.476 e. The first-order valence-corrected chi connectivity index (χ1v) is 14.9. The Hall–Kier alpha value is -5.80. The van der Waals surface area contributed by atoms with E-state index in [-0.39, 0.29) is 40.5 Å². The molecule has 2 aromatic carbocycles. The number of carboxylic acids is 1. The molecule has 50 heavy (non-hydrogen) atoms. The van der Waals surface area contributed by atoms with E-state index in [1.807, 2.05) is 0 Å². The van der Waals surface area contributed by atoms with Crippen LogP contribution in [0.3, 0.4) is 0 Å². The molecule has 0 fully saturated rings. The Balaban J connectivity index is 0.000000195. The molecule has 0 aliphatic heterocycles. The Bertz CT molecular complexity index is 2270. The van der Waals surface area contributed by atoms with E-state index in [0.29, 0.717) is 33.5 Å². The van der Waals surface area contributed by atoms with E-state index in [4.69, 9.17) is 4.74 Å². The van der Waals surface area contributed by atoms with Crippen molar-refractivity contribution in [1.29, 1.82) is 0 Å². The number of rotatable bonds is 5. The summed E-state index contributed by atoms with van der Waals surface area (Å²) in [5.74, 6) is -1.89. The van der Waals surface area contributed by atoms with Gasteiger partial charge in [0.15, 0.2) is 22.7 Å². The summed E-state index contributed by atoms with van der Waals surface area (Å²) in [6, 6.07) is 10.3. The number of esters is 1. The number of benzene rings is 2. The fraction of sp³-hybridized carbons (Fsp3) is 0.235. The Kier molecular flexibility index (Phi) is 9.41. The van der Waals surface area contributed by atoms with E-state index in [1.54, 1.807) is 34.6 Å². The maximum Gasteiger partial charge on any atom is 0.417 e. The molecule has 0 atom stereocenters. The van der Waals surface area contributed by atoms with Crippen molar-refractivity contribution in [3.8, 4) is 22.5 Å². The Morgan fingerprint density at radius 2 is 1.08 bits per heavy atom. The van der Waals surface area contributed by atoms with Gasteiger partial charge in [-0.1, -0.05) is 36.4 Å². The molecule has 260 valence electrons. The highest BCUT2D eigenvalue weighted by Crippen LogP contribution is 2.39. The van der Waals surface area contributed by atoms with E-state index in [0.717, 1.165) is 22.8 Å². The van der Waals surface area contributed by atoms with Gasteiger partial charge >= 0.3 is 24.3 Å². The average Bonchev–Trinajstić information content (AvgIpc) is 3.69. The van der Waals surface area contributed by atoms with Crippen LogP contribution in [0.4, 0.5) is 26.3 Å². The maximum atomic E-state index is 13.4. The van der Waals surface area contributed by atoms with E-state index < -0.39 is 35.4 Å². The van der Waals surface area contributed by atoms with Gasteiger partial charge in [0, 0.05) is 11.1 Å². The molecule has 0 saturated heterocycles. The zero-order valence-corrected chi connectivity index (χ0v) is 27.1. The number of hydrogen-bond donors (Lipinski definition) is 1. The predicted molar refractivity (Wildman–Crippen MR) is 169 cm³/mol. The summed E-state index contributed by atoms with van der Waals surface area (Å²) in [7, 11) is 0. The maximum absolute atomic E-state index is 13.4. The minimum Gasteiger partial charge on any atom is -0.476 e. The van der Waals surface area contributed by atoms with E-state index >= 15 is 0 Å². The molecule has 6 aromatic rings. The first-order chi connectivity index (χ1) is 23.5. The summed E-state index contributed by atoms with van der Waals surface area (Å²) < 4.78 is 87.4. The highest BCUT2D eigenvalue weighted by atomic mass is 19.4. The van der Waals surface area contributed by atoms with Crippen LogP contribution in [-0.2, 0) is 17.1 Å². The van der Waals surface area contributed by atoms with Gasteiger partial charge in [-0.15, -0.1) is 0 Å². The van der Waals surface area contributed by atoms with Gasteiger partial charge in [0.25, 0.3) is 0 Å². The van der Waals surface area contributed by atoms with Gasteiger partial charge in [0.05, 0.1) is 41.5 Å². The molecule has 0 amide bonds. The molecule has 0 unspecified atom stereocenters. The van der Waals surface area contributed by atoms with Gasteiger partial charge in [-0.25, -0.2) is 28.6 Å². The van der Waals surface area contributed by atoms with Crippen LogP contribution in [0.5, 0.6) is 0 Å². The molecule has 16 heteroatoms. The molecule has 4 heterocycles. The monoisotopic (exact) mass is 698 g/mol. The highest BCUT2D eigenvalue weighted by Gasteiger charge is 2.35. The number of alkyl halides is 6. The Labute approximate surface area is 280 Å². The lowest BCUT2D eigenvalue weighted by Gasteiger charge is -2.15. The number of aromatic carboxylic acids is 1. The van der Waals surface area contributed by atoms with E-state index in [2.05, 4.69) is 20.2 Å². The summed E-state index contributed by atoms with van der Waals surface area (Å²) in [4.78, 5) is 31.5. The summed E-state index contributed by atoms with van der Waals surface area (Å²) in [6.07, 6.45) is -6.62. The molecule has 6 rings (SSSR count). The predicted octanol–water partition coefficient (Wildman–Crippen LogP) is 7.94. The van der Waals surface area contributed by atoms with Crippen LogP contribution in [0.15, 0.2) is 60.9 Å². The first-order valence-electron chi connectivity index (χ1n) is 14.9. The topological polar surface area (TPSA) is 124 Å². The van der Waals surface area contributed by atoms with Crippen LogP contribution >= 0.6 is 0 Å². The lowest BCUT2D eigenvalue weighted by molar-refractivity contribution is -0.137. The molecule has 0 bridgehead atoms. The van der Waals surface area contributed by atoms with Gasteiger partial charge in [-0.3, -0.25) is 0 Å². The number of aryl methyl sites for hydroxylation is 2. The van der Waals surface area contributed by atoms with Crippen LogP contribution < -0.4 is 0 Å². The standard InChI is InChI=1S/C18H16F3N3O2.C16H12F3N3O2/c1-4-26-17(25)14-9-22-16-11(3)10(2)15(23-24(14)16)12-7-5-6-8-13(12)18(19,20)21;1-8-9(2)14-20-7-12(15(23)24)22(14)21-13(8)10-5-3-4-6-11(10)16(17,18)19/h5-9H,4H2,1-3H3;3-7H,1-2H3,(H,23,24). The highest BCUT2D eigenvalue weighted by molar-refractivity contribution is 5.89. The van der Waals surface area contributed by atoms with Crippen LogP contribution in [0.1, 0.15) is 61.3 Å². The van der Waals surface area contributed by atoms with Crippen molar-refractivity contribution in [3.63, 3.8) is 0 Å². The Morgan fingerprint density at radius 1 is 0.680 bits per heavy atom. The number of carbonyl (C=O) groups excluding carboxylic acids is 1. The van der Waals surface area contributed by atoms with Crippen molar-refractivity contribution in [2.24, 2.45) is 0 Å². The second-order valence-electron chi connectivity index (χ2n) is 11.1. The number of carbonyl (C=O) groups is 2. The SMILES string of the molecule is CCOC(=O)c1cnc2c(C)c(C)c(-c3ccccc3C(F)(F)F)nn12.Cc1c(-c2ccccc2C(F)(F)F)nn2c(C(=O)O)cnc2c1C. The van der Waals surface area contributed by atoms with Crippen molar-refractivity contribution in [3.05, 3.63) is 106 Å². The number of imidazole rings is 2. The average molecular weight is 699 g/mol. The fourth-order valence-corrected chi connectivity index (χ4v) is 5.32. The summed E-state index contributed by atoms with van der Waals surface area (Å²) in [5.41, 5.74) is 1.32. The number of hydrogen-bond acceptors (Lipinski definition) is 7. The molecule has 0 radical (unpaired) electrons. The second kappa shape index (κ2) is 13.2. The molecular formula is C34H28F6N6O4. The lowest BCUT2D eigenvalue weighted by Crippen LogP contribution is -2.13. The number of nitrogens with zero attached hydrogens (tertiary/aromatic N) is 6. The zero-order valence-electron chi connectivity index (χ0n) is 27.1. The van der Waals surface area contributed by atoms with E-state index in [1.165, 1.54) is 47.1 Å². The quantitative estimate of drug-likeness (QED) is 0.142. The zero-order chi connectivity index (χ0) is 36.7. The van der Waals surface area contributed by atoms with Crippen molar-refractivity contribution >= 4 is 23.2 Å². The lowest BCUT2D eigenvalue weighted by atomic mass is 9.99. The van der Waals surface area contributed by atoms with Crippen molar-refractivity contribution in [2.45, 2.75) is 47.0 Å². The molecule has 0 aliphatic rings. The normalized spacial score (nSPS) is 11.8. The number of carboxylic acid groups (broad SMARTS) is 1. The summed E-state index contributed by atoms with van der Waals surface area (Å²) in [5, 5.41) is 17.6. The summed E-state index contributed by atoms with van der Waals surface area (Å²) in [6.45, 7) is 8.55. The Morgan fingerprint density at radius 3 is 1.48 bits per heavy atom. The third-order valence-electron chi connectivity index (χ3n) is 8.06. The smallest absolute Gasteiger partial charge is 0.417 e. The third kappa shape index (κ3) is 6.47. The molecular weight excluding hydrogens is 670 g/mol. The minimum atomic E-state index is -4.54. The number of fused-ring (bicyclic) bond motifs is 2. The molecule has 0 aliphatic carbocycles. The fourth-order valence-electron chi connectivity index (χ4n) is 5.32. The number of halogens is 6. The van der Waals surface area contributed by atoms with Gasteiger partial charge < -0.3 is 9.84 Å². The van der Waals surface area contributed by atoms with Crippen LogP contribution in [0.2, 0.25) is 0 Å². The molecule has 0 spiro atoms. The van der Waals surface area contributed by atoms with Crippen LogP contribution in [0.25, 0.3) is 33.8 Å². The molecule has 0 saturated carbocycles. The molecule has 1 N–H and O–H groups in total.